The normalized spacial score (nSPS) is 9.25. The number of rotatable bonds is 4. The van der Waals surface area contributed by atoms with Crippen LogP contribution >= 0.6 is 0 Å². The molecule has 0 saturated carbocycles. The van der Waals surface area contributed by atoms with Crippen molar-refractivity contribution in [3.05, 3.63) is 49.3 Å². The molecule has 0 saturated heterocycles. The number of carboxylic acid groups (broad SMARTS) is 1. The Balaban J connectivity index is 0. The van der Waals surface area contributed by atoms with Crippen LogP contribution in [-0.4, -0.2) is 17.0 Å². The van der Waals surface area contributed by atoms with Crippen LogP contribution in [0.25, 0.3) is 0 Å². The van der Waals surface area contributed by atoms with Crippen LogP contribution in [0.2, 0.25) is 0 Å². The summed E-state index contributed by atoms with van der Waals surface area (Å²) in [5.41, 5.74) is 0.685. The molecule has 0 atom stereocenters. The third kappa shape index (κ3) is 9.98. The lowest BCUT2D eigenvalue weighted by Gasteiger charge is -1.92. The fourth-order valence-electron chi connectivity index (χ4n) is 0.424. The van der Waals surface area contributed by atoms with Crippen LogP contribution in [0.1, 0.15) is 13.8 Å². The van der Waals surface area contributed by atoms with Crippen LogP contribution in [0.15, 0.2) is 49.3 Å². The van der Waals surface area contributed by atoms with Crippen molar-refractivity contribution in [2.75, 3.05) is 0 Å². The molecule has 0 aliphatic heterocycles. The Morgan fingerprint density at radius 1 is 1.25 bits per heavy atom. The van der Waals surface area contributed by atoms with Crippen LogP contribution in [0.5, 0.6) is 0 Å². The van der Waals surface area contributed by atoms with Crippen molar-refractivity contribution in [2.45, 2.75) is 13.8 Å². The Labute approximate surface area is 95.2 Å². The lowest BCUT2D eigenvalue weighted by molar-refractivity contribution is -0.134. The van der Waals surface area contributed by atoms with E-state index in [1.165, 1.54) is 19.1 Å². The Kier molecular flexibility index (Phi) is 9.65. The number of allylic oxidation sites excluding steroid dienone is 2. The first-order valence-corrected chi connectivity index (χ1v) is 4.36. The number of esters is 1. The van der Waals surface area contributed by atoms with Gasteiger partial charge in [-0.3, -0.25) is 0 Å². The molecule has 0 aromatic carbocycles. The number of carboxylic acids is 1. The van der Waals surface area contributed by atoms with Crippen molar-refractivity contribution in [2.24, 2.45) is 0 Å². The second-order valence-corrected chi connectivity index (χ2v) is 2.74. The molecule has 0 aliphatic carbocycles. The van der Waals surface area contributed by atoms with Gasteiger partial charge in [0.05, 0.1) is 6.26 Å². The van der Waals surface area contributed by atoms with Crippen molar-refractivity contribution in [1.82, 2.24) is 0 Å². The van der Waals surface area contributed by atoms with Crippen molar-refractivity contribution < 1.29 is 19.4 Å². The largest absolute Gasteiger partial charge is 0.478 e. The molecule has 4 nitrogen and oxygen atoms in total. The average Bonchev–Trinajstić information content (AvgIpc) is 2.19. The molecule has 0 aromatic heterocycles. The highest BCUT2D eigenvalue weighted by molar-refractivity contribution is 5.87. The summed E-state index contributed by atoms with van der Waals surface area (Å²) in [7, 11) is 0. The van der Waals surface area contributed by atoms with Gasteiger partial charge in [0.25, 0.3) is 0 Å². The Morgan fingerprint density at radius 2 is 1.75 bits per heavy atom. The quantitative estimate of drug-likeness (QED) is 0.345. The fourth-order valence-corrected chi connectivity index (χ4v) is 0.424. The minimum Gasteiger partial charge on any atom is -0.478 e. The number of hydrogen-bond acceptors (Lipinski definition) is 3. The first kappa shape index (κ1) is 16.3. The Hall–Kier alpha value is -2.10. The third-order valence-corrected chi connectivity index (χ3v) is 1.24. The van der Waals surface area contributed by atoms with Gasteiger partial charge in [0.2, 0.25) is 0 Å². The van der Waals surface area contributed by atoms with E-state index in [1.807, 2.05) is 0 Å². The summed E-state index contributed by atoms with van der Waals surface area (Å²) in [6.07, 6.45) is 3.97. The summed E-state index contributed by atoms with van der Waals surface area (Å²) in [4.78, 5) is 20.3. The van der Waals surface area contributed by atoms with Gasteiger partial charge in [-0.15, -0.1) is 0 Å². The lowest BCUT2D eigenvalue weighted by atomic mass is 10.3. The van der Waals surface area contributed by atoms with E-state index in [0.717, 1.165) is 6.26 Å². The Morgan fingerprint density at radius 3 is 1.88 bits per heavy atom. The zero-order chi connectivity index (χ0) is 13.1. The summed E-state index contributed by atoms with van der Waals surface area (Å²) in [6.45, 7) is 13.0. The molecule has 0 spiro atoms. The highest BCUT2D eigenvalue weighted by atomic mass is 16.5. The van der Waals surface area contributed by atoms with Crippen molar-refractivity contribution in [3.8, 4) is 0 Å². The van der Waals surface area contributed by atoms with E-state index < -0.39 is 11.9 Å². The van der Waals surface area contributed by atoms with E-state index in [-0.39, 0.29) is 0 Å². The highest BCUT2D eigenvalue weighted by Crippen LogP contribution is 1.90. The predicted octanol–water partition coefficient (Wildman–Crippen LogP) is 2.45. The number of ether oxygens (including phenoxy) is 1. The molecule has 0 heterocycles. The van der Waals surface area contributed by atoms with Gasteiger partial charge < -0.3 is 9.84 Å². The van der Waals surface area contributed by atoms with Crippen molar-refractivity contribution in [3.63, 3.8) is 0 Å². The smallest absolute Gasteiger partial charge is 0.337 e. The summed E-state index contributed by atoms with van der Waals surface area (Å²) < 4.78 is 4.33. The van der Waals surface area contributed by atoms with Gasteiger partial charge in [-0.1, -0.05) is 31.9 Å². The summed E-state index contributed by atoms with van der Waals surface area (Å²) in [6, 6.07) is 0. The first-order valence-electron chi connectivity index (χ1n) is 4.36. The number of hydrogen-bond donors (Lipinski definition) is 1. The van der Waals surface area contributed by atoms with E-state index in [1.54, 1.807) is 6.92 Å². The molecule has 16 heavy (non-hydrogen) atoms. The fraction of sp³-hybridized carbons (Fsp3) is 0.167. The van der Waals surface area contributed by atoms with Crippen LogP contribution in [0, 0.1) is 0 Å². The molecular weight excluding hydrogens is 208 g/mol. The van der Waals surface area contributed by atoms with Crippen LogP contribution in [-0.2, 0) is 14.3 Å². The van der Waals surface area contributed by atoms with Crippen LogP contribution < -0.4 is 0 Å². The molecular formula is C12H16O4. The predicted molar refractivity (Wildman–Crippen MR) is 62.7 cm³/mol. The minimum atomic E-state index is -0.898. The van der Waals surface area contributed by atoms with E-state index in [2.05, 4.69) is 24.5 Å². The molecule has 0 unspecified atom stereocenters. The lowest BCUT2D eigenvalue weighted by Crippen LogP contribution is -1.98. The number of carbonyl (C=O) groups excluding carboxylic acids is 1. The van der Waals surface area contributed by atoms with Crippen molar-refractivity contribution >= 4 is 11.9 Å². The SMILES string of the molecule is C=CC=C(C)C(=O)O.C=COC(=O)C(=C)C. The van der Waals surface area contributed by atoms with Crippen LogP contribution in [0.3, 0.4) is 0 Å². The van der Waals surface area contributed by atoms with E-state index in [0.29, 0.717) is 11.1 Å². The van der Waals surface area contributed by atoms with Gasteiger partial charge in [-0.25, -0.2) is 9.59 Å². The summed E-state index contributed by atoms with van der Waals surface area (Å²) in [5.74, 6) is -1.33. The zero-order valence-electron chi connectivity index (χ0n) is 9.53. The van der Waals surface area contributed by atoms with Gasteiger partial charge in [-0.2, -0.15) is 0 Å². The maximum Gasteiger partial charge on any atom is 0.337 e. The highest BCUT2D eigenvalue weighted by Gasteiger charge is 1.97. The molecule has 1 N–H and O–H groups in total. The van der Waals surface area contributed by atoms with E-state index >= 15 is 0 Å². The molecule has 0 rings (SSSR count). The summed E-state index contributed by atoms with van der Waals surface area (Å²) in [5, 5.41) is 8.20. The van der Waals surface area contributed by atoms with Crippen LogP contribution in [0.4, 0.5) is 0 Å². The second-order valence-electron chi connectivity index (χ2n) is 2.74. The molecule has 0 radical (unpaired) electrons. The number of aliphatic carboxylic acids is 1. The monoisotopic (exact) mass is 224 g/mol. The molecule has 88 valence electrons. The molecule has 0 aliphatic rings. The Bertz CT molecular complexity index is 324. The minimum absolute atomic E-state index is 0.306. The third-order valence-electron chi connectivity index (χ3n) is 1.24. The van der Waals surface area contributed by atoms with Gasteiger partial charge in [-0.05, 0) is 13.8 Å². The average molecular weight is 224 g/mol. The second kappa shape index (κ2) is 9.45. The van der Waals surface area contributed by atoms with E-state index in [9.17, 15) is 9.59 Å². The van der Waals surface area contributed by atoms with Gasteiger partial charge in [0.1, 0.15) is 0 Å². The van der Waals surface area contributed by atoms with Gasteiger partial charge in [0, 0.05) is 11.1 Å². The van der Waals surface area contributed by atoms with Gasteiger partial charge >= 0.3 is 11.9 Å². The molecule has 0 aromatic rings. The molecule has 0 fully saturated rings. The maximum atomic E-state index is 10.3. The summed E-state index contributed by atoms with van der Waals surface area (Å²) >= 11 is 0. The van der Waals surface area contributed by atoms with Gasteiger partial charge in [0.15, 0.2) is 0 Å². The van der Waals surface area contributed by atoms with Crippen molar-refractivity contribution in [1.29, 1.82) is 0 Å². The topological polar surface area (TPSA) is 63.6 Å². The first-order chi connectivity index (χ1) is 7.36. The van der Waals surface area contributed by atoms with E-state index in [4.69, 9.17) is 5.11 Å². The molecule has 0 amide bonds. The maximum absolute atomic E-state index is 10.3. The molecule has 4 heteroatoms. The zero-order valence-corrected chi connectivity index (χ0v) is 9.53. The standard InChI is InChI=1S/2C6H8O2/c1-4-8-6(7)5(2)3;1-3-4-5(2)6(7)8/h4H,1-2H2,3H3;3-4H,1H2,2H3,(H,7,8). The number of carbonyl (C=O) groups is 2. The molecule has 0 bridgehead atoms.